The lowest BCUT2D eigenvalue weighted by Crippen LogP contribution is -2.30. The minimum absolute atomic E-state index is 0.0245. The summed E-state index contributed by atoms with van der Waals surface area (Å²) in [7, 11) is 1.26. The molecule has 2 aromatic heterocycles. The smallest absolute Gasteiger partial charge is 0.411 e. The Balaban J connectivity index is 1.48. The number of rotatable bonds is 4. The van der Waals surface area contributed by atoms with E-state index < -0.39 is 23.9 Å². The fraction of sp³-hybridized carbons (Fsp3) is 0.276. The number of halogens is 2. The number of fused-ring (bicyclic) bond motifs is 4. The molecule has 2 bridgehead atoms. The molecular formula is C29H28ClFN8O4. The topological polar surface area (TPSA) is 153 Å². The van der Waals surface area contributed by atoms with E-state index in [9.17, 15) is 18.8 Å². The van der Waals surface area contributed by atoms with E-state index in [2.05, 4.69) is 41.2 Å². The lowest BCUT2D eigenvalue weighted by atomic mass is 9.95. The summed E-state index contributed by atoms with van der Waals surface area (Å²) < 4.78 is 20.6. The van der Waals surface area contributed by atoms with Gasteiger partial charge in [-0.3, -0.25) is 14.9 Å². The third-order valence-electron chi connectivity index (χ3n) is 7.22. The first kappa shape index (κ1) is 29.6. The molecule has 3 N–H and O–H groups in total. The van der Waals surface area contributed by atoms with E-state index in [1.807, 2.05) is 6.92 Å². The molecule has 4 aromatic rings. The van der Waals surface area contributed by atoms with E-state index in [-0.39, 0.29) is 28.2 Å². The number of hydrogen-bond acceptors (Lipinski definition) is 8. The van der Waals surface area contributed by atoms with Gasteiger partial charge in [0.2, 0.25) is 5.91 Å². The molecule has 222 valence electrons. The van der Waals surface area contributed by atoms with Crippen molar-refractivity contribution in [3.8, 4) is 16.9 Å². The van der Waals surface area contributed by atoms with E-state index in [1.165, 1.54) is 23.9 Å². The Bertz CT molecular complexity index is 1710. The van der Waals surface area contributed by atoms with Gasteiger partial charge in [0.25, 0.3) is 5.91 Å². The third kappa shape index (κ3) is 6.31. The molecule has 3 heterocycles. The summed E-state index contributed by atoms with van der Waals surface area (Å²) in [5, 5.41) is 24.9. The summed E-state index contributed by atoms with van der Waals surface area (Å²) in [6, 6.07) is 10.7. The summed E-state index contributed by atoms with van der Waals surface area (Å²) in [4.78, 5) is 38.3. The Morgan fingerprint density at radius 1 is 1.16 bits per heavy atom. The number of ether oxygens (including phenoxy) is 1. The van der Waals surface area contributed by atoms with E-state index >= 15 is 0 Å². The number of anilines is 2. The van der Waals surface area contributed by atoms with Crippen molar-refractivity contribution >= 4 is 40.9 Å². The molecule has 0 saturated carbocycles. The number of nitrogens with zero attached hydrogens (tertiary/aromatic N) is 5. The maximum Gasteiger partial charge on any atom is 0.411 e. The Hall–Kier alpha value is -4.91. The first-order valence-electron chi connectivity index (χ1n) is 13.5. The molecule has 0 saturated heterocycles. The molecule has 0 radical (unpaired) electrons. The molecule has 2 aromatic carbocycles. The van der Waals surface area contributed by atoms with Gasteiger partial charge in [0.15, 0.2) is 11.5 Å². The number of amides is 3. The zero-order chi connectivity index (χ0) is 30.7. The monoisotopic (exact) mass is 606 g/mol. The van der Waals surface area contributed by atoms with Gasteiger partial charge in [-0.1, -0.05) is 36.2 Å². The molecule has 0 aliphatic carbocycles. The molecule has 5 rings (SSSR count). The number of carbonyl (C=O) groups is 3. The van der Waals surface area contributed by atoms with Crippen LogP contribution in [0.3, 0.4) is 0 Å². The lowest BCUT2D eigenvalue weighted by Gasteiger charge is -2.22. The van der Waals surface area contributed by atoms with Crippen molar-refractivity contribution in [2.75, 3.05) is 17.7 Å². The molecule has 0 fully saturated rings. The molecular weight excluding hydrogens is 579 g/mol. The fourth-order valence-corrected chi connectivity index (χ4v) is 4.98. The maximum atomic E-state index is 14.7. The van der Waals surface area contributed by atoms with Crippen molar-refractivity contribution in [3.63, 3.8) is 0 Å². The van der Waals surface area contributed by atoms with Crippen LogP contribution in [0.1, 0.15) is 54.0 Å². The van der Waals surface area contributed by atoms with Gasteiger partial charge in [0.05, 0.1) is 41.4 Å². The highest BCUT2D eigenvalue weighted by molar-refractivity contribution is 6.30. The van der Waals surface area contributed by atoms with Gasteiger partial charge in [0, 0.05) is 17.2 Å². The number of nitrogens with one attached hydrogen (secondary N) is 3. The van der Waals surface area contributed by atoms with Crippen LogP contribution in [0.25, 0.3) is 16.9 Å². The molecule has 14 heteroatoms. The largest absolute Gasteiger partial charge is 0.453 e. The van der Waals surface area contributed by atoms with Gasteiger partial charge in [-0.2, -0.15) is 10.2 Å². The highest BCUT2D eigenvalue weighted by Crippen LogP contribution is 2.33. The van der Waals surface area contributed by atoms with Gasteiger partial charge in [-0.15, -0.1) is 5.10 Å². The van der Waals surface area contributed by atoms with E-state index in [0.717, 1.165) is 0 Å². The Morgan fingerprint density at radius 3 is 2.77 bits per heavy atom. The van der Waals surface area contributed by atoms with Crippen LogP contribution in [0.15, 0.2) is 48.7 Å². The normalized spacial score (nSPS) is 16.6. The minimum atomic E-state index is -0.675. The average molecular weight is 607 g/mol. The predicted octanol–water partition coefficient (Wildman–Crippen LogP) is 5.23. The molecule has 1 aliphatic heterocycles. The minimum Gasteiger partial charge on any atom is -0.453 e. The molecule has 12 nitrogen and oxygen atoms in total. The second-order valence-electron chi connectivity index (χ2n) is 10.1. The summed E-state index contributed by atoms with van der Waals surface area (Å²) in [6.45, 7) is 3.43. The highest BCUT2D eigenvalue weighted by atomic mass is 35.5. The van der Waals surface area contributed by atoms with Crippen LogP contribution in [-0.4, -0.2) is 50.2 Å². The zero-order valence-electron chi connectivity index (χ0n) is 23.5. The SMILES string of the molecule is COC(=O)Nc1ccc2c(c1)NC(=O)C(C)CCC[C@@H](NC(=O)c1nnn(-c3cccc(Cl)c3F)c1C)c1cnnc-2c1. The van der Waals surface area contributed by atoms with Crippen molar-refractivity contribution < 1.29 is 23.5 Å². The van der Waals surface area contributed by atoms with Crippen LogP contribution in [-0.2, 0) is 9.53 Å². The van der Waals surface area contributed by atoms with Crippen LogP contribution < -0.4 is 16.0 Å². The van der Waals surface area contributed by atoms with Gasteiger partial charge in [-0.05, 0) is 61.7 Å². The van der Waals surface area contributed by atoms with Gasteiger partial charge >= 0.3 is 6.09 Å². The number of hydrogen-bond donors (Lipinski definition) is 3. The van der Waals surface area contributed by atoms with E-state index in [1.54, 1.807) is 43.5 Å². The fourth-order valence-electron chi connectivity index (χ4n) is 4.81. The van der Waals surface area contributed by atoms with Crippen molar-refractivity contribution in [1.82, 2.24) is 30.5 Å². The number of carbonyl (C=O) groups excluding carboxylic acids is 3. The summed E-state index contributed by atoms with van der Waals surface area (Å²) >= 11 is 5.93. The summed E-state index contributed by atoms with van der Waals surface area (Å²) in [5.41, 5.74) is 2.97. The van der Waals surface area contributed by atoms with Crippen molar-refractivity contribution in [2.45, 2.75) is 39.2 Å². The van der Waals surface area contributed by atoms with Crippen molar-refractivity contribution in [2.24, 2.45) is 5.92 Å². The lowest BCUT2D eigenvalue weighted by molar-refractivity contribution is -0.119. The quantitative estimate of drug-likeness (QED) is 0.285. The first-order chi connectivity index (χ1) is 20.7. The van der Waals surface area contributed by atoms with Crippen LogP contribution >= 0.6 is 11.6 Å². The number of benzene rings is 2. The second-order valence-corrected chi connectivity index (χ2v) is 10.5. The number of methoxy groups -OCH3 is 1. The second kappa shape index (κ2) is 12.5. The molecule has 1 unspecified atom stereocenters. The van der Waals surface area contributed by atoms with E-state index in [4.69, 9.17) is 11.6 Å². The van der Waals surface area contributed by atoms with Crippen molar-refractivity contribution in [3.05, 3.63) is 76.5 Å². The van der Waals surface area contributed by atoms with Gasteiger partial charge < -0.3 is 15.4 Å². The standard InChI is InChI=1S/C29H28ClFN8O4/c1-15-6-4-8-21(34-28(41)26-16(2)39(38-37-26)24-9-5-7-20(30)25(24)31)17-12-23(36-32-14-17)19-11-10-18(33-29(42)43-3)13-22(19)35-27(15)40/h5,7,9-15,21H,4,6,8H2,1-3H3,(H,33,42)(H,34,41)(H,35,40)/t15?,21-/m1/s1. The number of aromatic nitrogens is 5. The summed E-state index contributed by atoms with van der Waals surface area (Å²) in [5.74, 6) is -1.74. The third-order valence-corrected chi connectivity index (χ3v) is 7.51. The molecule has 3 amide bonds. The van der Waals surface area contributed by atoms with Gasteiger partial charge in [0.1, 0.15) is 5.69 Å². The van der Waals surface area contributed by atoms with Crippen LogP contribution in [0.5, 0.6) is 0 Å². The predicted molar refractivity (Wildman–Crippen MR) is 156 cm³/mol. The van der Waals surface area contributed by atoms with Crippen LogP contribution in [0, 0.1) is 18.7 Å². The molecule has 1 aliphatic rings. The maximum absolute atomic E-state index is 14.7. The Kier molecular flexibility index (Phi) is 8.62. The zero-order valence-corrected chi connectivity index (χ0v) is 24.3. The molecule has 43 heavy (non-hydrogen) atoms. The molecule has 2 atom stereocenters. The van der Waals surface area contributed by atoms with Gasteiger partial charge in [-0.25, -0.2) is 13.9 Å². The first-order valence-corrected chi connectivity index (χ1v) is 13.8. The average Bonchev–Trinajstić information content (AvgIpc) is 3.38. The van der Waals surface area contributed by atoms with Crippen LogP contribution in [0.4, 0.5) is 20.6 Å². The summed E-state index contributed by atoms with van der Waals surface area (Å²) in [6.07, 6.45) is 2.57. The Labute approximate surface area is 251 Å². The van der Waals surface area contributed by atoms with Crippen LogP contribution in [0.2, 0.25) is 5.02 Å². The van der Waals surface area contributed by atoms with E-state index in [0.29, 0.717) is 53.2 Å². The highest BCUT2D eigenvalue weighted by Gasteiger charge is 2.25. The van der Waals surface area contributed by atoms with Crippen molar-refractivity contribution in [1.29, 1.82) is 0 Å². The Morgan fingerprint density at radius 2 is 1.98 bits per heavy atom. The molecule has 0 spiro atoms.